The summed E-state index contributed by atoms with van der Waals surface area (Å²) in [6, 6.07) is 5.73. The summed E-state index contributed by atoms with van der Waals surface area (Å²) in [6.07, 6.45) is 5.08. The number of ether oxygens (including phenoxy) is 1. The minimum Gasteiger partial charge on any atom is -0.496 e. The predicted octanol–water partition coefficient (Wildman–Crippen LogP) is 3.23. The van der Waals surface area contributed by atoms with E-state index in [4.69, 9.17) is 10.5 Å². The van der Waals surface area contributed by atoms with Crippen molar-refractivity contribution in [2.75, 3.05) is 7.11 Å². The second kappa shape index (κ2) is 6.06. The van der Waals surface area contributed by atoms with Crippen LogP contribution in [0.4, 0.5) is 0 Å². The summed E-state index contributed by atoms with van der Waals surface area (Å²) in [7, 11) is 1.62. The Balaban J connectivity index is 2.04. The van der Waals surface area contributed by atoms with Crippen LogP contribution in [0.5, 0.6) is 5.75 Å². The first-order chi connectivity index (χ1) is 9.02. The van der Waals surface area contributed by atoms with Gasteiger partial charge in [0.2, 0.25) is 0 Å². The van der Waals surface area contributed by atoms with Crippen molar-refractivity contribution >= 4 is 21.7 Å². The third kappa shape index (κ3) is 3.80. The van der Waals surface area contributed by atoms with Crippen molar-refractivity contribution in [2.45, 2.75) is 44.1 Å². The largest absolute Gasteiger partial charge is 0.496 e. The molecule has 1 fully saturated rings. The number of benzene rings is 1. The van der Waals surface area contributed by atoms with Gasteiger partial charge in [0.15, 0.2) is 0 Å². The fourth-order valence-electron chi connectivity index (χ4n) is 2.81. The maximum Gasteiger partial charge on any atom is 0.139 e. The van der Waals surface area contributed by atoms with Crippen LogP contribution in [0.1, 0.15) is 37.7 Å². The SMILES string of the molecule is COc1ccc(Br)cc1CC(=O)CC1(N)CCCC1. The molecule has 0 atom stereocenters. The second-order valence-electron chi connectivity index (χ2n) is 5.42. The molecule has 0 aliphatic heterocycles. The van der Waals surface area contributed by atoms with E-state index in [0.29, 0.717) is 12.8 Å². The molecule has 1 aromatic carbocycles. The number of halogens is 1. The van der Waals surface area contributed by atoms with Crippen LogP contribution >= 0.6 is 15.9 Å². The maximum absolute atomic E-state index is 12.2. The van der Waals surface area contributed by atoms with Gasteiger partial charge in [-0.3, -0.25) is 4.79 Å². The van der Waals surface area contributed by atoms with E-state index >= 15 is 0 Å². The first-order valence-corrected chi connectivity index (χ1v) is 7.45. The van der Waals surface area contributed by atoms with Gasteiger partial charge in [0.25, 0.3) is 0 Å². The fourth-order valence-corrected chi connectivity index (χ4v) is 3.22. The number of carbonyl (C=O) groups is 1. The zero-order valence-corrected chi connectivity index (χ0v) is 12.8. The summed E-state index contributed by atoms with van der Waals surface area (Å²) < 4.78 is 6.25. The lowest BCUT2D eigenvalue weighted by atomic mass is 9.90. The van der Waals surface area contributed by atoms with E-state index in [0.717, 1.165) is 41.5 Å². The summed E-state index contributed by atoms with van der Waals surface area (Å²) >= 11 is 3.42. The number of methoxy groups -OCH3 is 1. The first-order valence-electron chi connectivity index (χ1n) is 6.65. The molecule has 19 heavy (non-hydrogen) atoms. The Morgan fingerprint density at radius 2 is 2.11 bits per heavy atom. The van der Waals surface area contributed by atoms with Crippen molar-refractivity contribution in [3.8, 4) is 5.75 Å². The molecule has 104 valence electrons. The van der Waals surface area contributed by atoms with Crippen molar-refractivity contribution < 1.29 is 9.53 Å². The van der Waals surface area contributed by atoms with E-state index in [1.165, 1.54) is 0 Å². The van der Waals surface area contributed by atoms with Gasteiger partial charge in [-0.25, -0.2) is 0 Å². The topological polar surface area (TPSA) is 52.3 Å². The molecular weight excluding hydrogens is 306 g/mol. The van der Waals surface area contributed by atoms with Gasteiger partial charge < -0.3 is 10.5 Å². The van der Waals surface area contributed by atoms with Crippen molar-refractivity contribution in [3.63, 3.8) is 0 Å². The average molecular weight is 326 g/mol. The standard InChI is InChI=1S/C15H20BrNO2/c1-19-14-5-4-12(16)8-11(14)9-13(18)10-15(17)6-2-3-7-15/h4-5,8H,2-3,6-7,9-10,17H2,1H3. The molecule has 1 aliphatic rings. The summed E-state index contributed by atoms with van der Waals surface area (Å²) in [5.41, 5.74) is 6.91. The maximum atomic E-state index is 12.2. The van der Waals surface area contributed by atoms with Gasteiger partial charge in [-0.2, -0.15) is 0 Å². The zero-order valence-electron chi connectivity index (χ0n) is 11.2. The monoisotopic (exact) mass is 325 g/mol. The molecule has 0 bridgehead atoms. The smallest absolute Gasteiger partial charge is 0.139 e. The molecule has 0 amide bonds. The molecule has 0 radical (unpaired) electrons. The summed E-state index contributed by atoms with van der Waals surface area (Å²) in [5, 5.41) is 0. The van der Waals surface area contributed by atoms with Crippen LogP contribution < -0.4 is 10.5 Å². The van der Waals surface area contributed by atoms with Gasteiger partial charge >= 0.3 is 0 Å². The van der Waals surface area contributed by atoms with Crippen molar-refractivity contribution in [1.29, 1.82) is 0 Å². The van der Waals surface area contributed by atoms with E-state index in [-0.39, 0.29) is 11.3 Å². The number of rotatable bonds is 5. The van der Waals surface area contributed by atoms with Crippen LogP contribution in [0.15, 0.2) is 22.7 Å². The molecule has 2 rings (SSSR count). The quantitative estimate of drug-likeness (QED) is 0.904. The normalized spacial score (nSPS) is 17.4. The summed E-state index contributed by atoms with van der Waals surface area (Å²) in [4.78, 5) is 12.2. The lowest BCUT2D eigenvalue weighted by Gasteiger charge is -2.22. The predicted molar refractivity (Wildman–Crippen MR) is 79.4 cm³/mol. The molecule has 2 N–H and O–H groups in total. The van der Waals surface area contributed by atoms with Gasteiger partial charge in [-0.1, -0.05) is 28.8 Å². The van der Waals surface area contributed by atoms with Crippen molar-refractivity contribution in [3.05, 3.63) is 28.2 Å². The van der Waals surface area contributed by atoms with E-state index in [1.807, 2.05) is 18.2 Å². The molecule has 0 unspecified atom stereocenters. The highest BCUT2D eigenvalue weighted by molar-refractivity contribution is 9.10. The number of nitrogens with two attached hydrogens (primary N) is 1. The van der Waals surface area contributed by atoms with Gasteiger partial charge in [0, 0.05) is 28.4 Å². The molecule has 0 aromatic heterocycles. The van der Waals surface area contributed by atoms with Gasteiger partial charge in [-0.05, 0) is 31.0 Å². The third-order valence-corrected chi connectivity index (χ3v) is 4.27. The van der Waals surface area contributed by atoms with E-state index in [9.17, 15) is 4.79 Å². The van der Waals surface area contributed by atoms with Gasteiger partial charge in [0.1, 0.15) is 11.5 Å². The molecule has 0 heterocycles. The lowest BCUT2D eigenvalue weighted by Crippen LogP contribution is -2.39. The second-order valence-corrected chi connectivity index (χ2v) is 6.33. The van der Waals surface area contributed by atoms with Crippen molar-refractivity contribution in [2.24, 2.45) is 5.73 Å². The minimum atomic E-state index is -0.268. The minimum absolute atomic E-state index is 0.195. The number of hydrogen-bond acceptors (Lipinski definition) is 3. The van der Waals surface area contributed by atoms with Crippen molar-refractivity contribution in [1.82, 2.24) is 0 Å². The van der Waals surface area contributed by atoms with Crippen LogP contribution in [0, 0.1) is 0 Å². The Bertz CT molecular complexity index is 467. The fraction of sp³-hybridized carbons (Fsp3) is 0.533. The molecular formula is C15H20BrNO2. The molecule has 1 saturated carbocycles. The lowest BCUT2D eigenvalue weighted by molar-refractivity contribution is -0.119. The van der Waals surface area contributed by atoms with Gasteiger partial charge in [-0.15, -0.1) is 0 Å². The van der Waals surface area contributed by atoms with E-state index in [1.54, 1.807) is 7.11 Å². The zero-order chi connectivity index (χ0) is 13.9. The Morgan fingerprint density at radius 1 is 1.42 bits per heavy atom. The first kappa shape index (κ1) is 14.5. The van der Waals surface area contributed by atoms with Crippen LogP contribution in [-0.4, -0.2) is 18.4 Å². The molecule has 3 nitrogen and oxygen atoms in total. The Kier molecular flexibility index (Phi) is 4.63. The van der Waals surface area contributed by atoms with Gasteiger partial charge in [0.05, 0.1) is 7.11 Å². The average Bonchev–Trinajstić information content (AvgIpc) is 2.75. The Labute approximate surface area is 122 Å². The number of Topliss-reactive ketones (excluding diaryl/α,β-unsaturated/α-hetero) is 1. The molecule has 1 aliphatic carbocycles. The van der Waals surface area contributed by atoms with Crippen LogP contribution in [0.25, 0.3) is 0 Å². The number of carbonyl (C=O) groups excluding carboxylic acids is 1. The highest BCUT2D eigenvalue weighted by atomic mass is 79.9. The summed E-state index contributed by atoms with van der Waals surface area (Å²) in [6.45, 7) is 0. The molecule has 1 aromatic rings. The summed E-state index contributed by atoms with van der Waals surface area (Å²) in [5.74, 6) is 0.954. The molecule has 0 spiro atoms. The highest BCUT2D eigenvalue weighted by Crippen LogP contribution is 2.31. The molecule has 0 saturated heterocycles. The van der Waals surface area contributed by atoms with Crippen LogP contribution in [0.2, 0.25) is 0 Å². The van der Waals surface area contributed by atoms with Crippen LogP contribution in [0.3, 0.4) is 0 Å². The van der Waals surface area contributed by atoms with E-state index < -0.39 is 0 Å². The van der Waals surface area contributed by atoms with Crippen LogP contribution in [-0.2, 0) is 11.2 Å². The third-order valence-electron chi connectivity index (χ3n) is 3.78. The van der Waals surface area contributed by atoms with E-state index in [2.05, 4.69) is 15.9 Å². The molecule has 4 heteroatoms. The Morgan fingerprint density at radius 3 is 2.74 bits per heavy atom. The Hall–Kier alpha value is -0.870. The highest BCUT2D eigenvalue weighted by Gasteiger charge is 2.31. The number of ketones is 1. The number of hydrogen-bond donors (Lipinski definition) is 1.